The van der Waals surface area contributed by atoms with Gasteiger partial charge in [-0.2, -0.15) is 0 Å². The number of nitrogens with one attached hydrogen (secondary N) is 1. The zero-order valence-corrected chi connectivity index (χ0v) is 14.0. The third-order valence-electron chi connectivity index (χ3n) is 4.10. The number of ether oxygens (including phenoxy) is 1. The van der Waals surface area contributed by atoms with Crippen LogP contribution in [0.25, 0.3) is 10.8 Å². The van der Waals surface area contributed by atoms with Crippen molar-refractivity contribution < 1.29 is 14.6 Å². The molecule has 0 aliphatic heterocycles. The summed E-state index contributed by atoms with van der Waals surface area (Å²) in [6.45, 7) is 4.20. The van der Waals surface area contributed by atoms with Crippen molar-refractivity contribution in [1.82, 2.24) is 5.32 Å². The van der Waals surface area contributed by atoms with Gasteiger partial charge >= 0.3 is 0 Å². The summed E-state index contributed by atoms with van der Waals surface area (Å²) in [5.74, 6) is 0.504. The van der Waals surface area contributed by atoms with E-state index >= 15 is 0 Å². The van der Waals surface area contributed by atoms with Gasteiger partial charge in [0, 0.05) is 6.54 Å². The minimum absolute atomic E-state index is 0.0620. The molecule has 0 aromatic heterocycles. The maximum Gasteiger partial charge on any atom is 0.227 e. The summed E-state index contributed by atoms with van der Waals surface area (Å²) in [4.78, 5) is 12.2. The average Bonchev–Trinajstić information content (AvgIpc) is 2.58. The lowest BCUT2D eigenvalue weighted by Crippen LogP contribution is -2.34. The van der Waals surface area contributed by atoms with E-state index in [0.29, 0.717) is 13.0 Å². The number of methoxy groups -OCH3 is 1. The van der Waals surface area contributed by atoms with Crippen LogP contribution in [0.5, 0.6) is 5.75 Å². The third-order valence-corrected chi connectivity index (χ3v) is 4.10. The molecule has 0 aliphatic rings. The Morgan fingerprint density at radius 1 is 1.22 bits per heavy atom. The van der Waals surface area contributed by atoms with Gasteiger partial charge in [0.2, 0.25) is 5.91 Å². The van der Waals surface area contributed by atoms with Gasteiger partial charge in [0.1, 0.15) is 5.75 Å². The van der Waals surface area contributed by atoms with Gasteiger partial charge in [-0.15, -0.1) is 0 Å². The molecule has 2 rings (SSSR count). The van der Waals surface area contributed by atoms with Gasteiger partial charge < -0.3 is 15.2 Å². The van der Waals surface area contributed by atoms with Crippen molar-refractivity contribution in [3.8, 4) is 5.75 Å². The number of benzene rings is 2. The summed E-state index contributed by atoms with van der Waals surface area (Å²) < 4.78 is 5.22. The largest absolute Gasteiger partial charge is 0.497 e. The lowest BCUT2D eigenvalue weighted by molar-refractivity contribution is -0.122. The predicted molar refractivity (Wildman–Crippen MR) is 92.8 cm³/mol. The number of hydrogen-bond donors (Lipinski definition) is 2. The molecular weight excluding hydrogens is 290 g/mol. The summed E-state index contributed by atoms with van der Waals surface area (Å²) in [6.07, 6.45) is 1.13. The predicted octanol–water partition coefficient (Wildman–Crippen LogP) is 3.23. The Balaban J connectivity index is 2.08. The highest BCUT2D eigenvalue weighted by molar-refractivity contribution is 5.88. The fourth-order valence-electron chi connectivity index (χ4n) is 2.60. The van der Waals surface area contributed by atoms with Crippen molar-refractivity contribution in [2.75, 3.05) is 13.7 Å². The highest BCUT2D eigenvalue weighted by Crippen LogP contribution is 2.25. The van der Waals surface area contributed by atoms with Crippen molar-refractivity contribution in [3.05, 3.63) is 42.0 Å². The fraction of sp³-hybridized carbons (Fsp3) is 0.421. The first-order chi connectivity index (χ1) is 11.0. The molecule has 0 heterocycles. The van der Waals surface area contributed by atoms with Crippen LogP contribution in [0.3, 0.4) is 0 Å². The van der Waals surface area contributed by atoms with Crippen LogP contribution in [-0.2, 0) is 4.79 Å². The van der Waals surface area contributed by atoms with E-state index in [-0.39, 0.29) is 11.8 Å². The van der Waals surface area contributed by atoms with E-state index in [1.807, 2.05) is 50.2 Å². The first-order valence-corrected chi connectivity index (χ1v) is 8.08. The molecular formula is C19H25NO3. The smallest absolute Gasteiger partial charge is 0.227 e. The van der Waals surface area contributed by atoms with Crippen LogP contribution in [0.1, 0.15) is 38.2 Å². The second-order valence-electron chi connectivity index (χ2n) is 5.88. The Labute approximate surface area is 137 Å². The van der Waals surface area contributed by atoms with Crippen LogP contribution < -0.4 is 10.1 Å². The van der Waals surface area contributed by atoms with Crippen molar-refractivity contribution in [2.24, 2.45) is 0 Å². The van der Waals surface area contributed by atoms with Crippen molar-refractivity contribution in [1.29, 1.82) is 0 Å². The van der Waals surface area contributed by atoms with E-state index in [2.05, 4.69) is 5.32 Å². The lowest BCUT2D eigenvalue weighted by Gasteiger charge is -2.16. The molecule has 1 amide bonds. The molecule has 4 nitrogen and oxygen atoms in total. The Bertz CT molecular complexity index is 669. The molecule has 4 heteroatoms. The number of amides is 1. The van der Waals surface area contributed by atoms with E-state index in [1.165, 1.54) is 0 Å². The van der Waals surface area contributed by atoms with Gasteiger partial charge in [-0.05, 0) is 41.8 Å². The van der Waals surface area contributed by atoms with Gasteiger partial charge in [-0.3, -0.25) is 4.79 Å². The van der Waals surface area contributed by atoms with E-state index < -0.39 is 6.10 Å². The van der Waals surface area contributed by atoms with Crippen LogP contribution in [-0.4, -0.2) is 30.8 Å². The first-order valence-electron chi connectivity index (χ1n) is 8.08. The number of aliphatic hydroxyl groups excluding tert-OH is 1. The summed E-state index contributed by atoms with van der Waals surface area (Å²) in [5.41, 5.74) is 0.963. The molecule has 2 aromatic rings. The molecule has 124 valence electrons. The standard InChI is InChI=1S/C19H25NO3/c1-4-5-17(21)12-20-19(22)13(2)14-6-7-16-11-18(23-3)9-8-15(16)10-14/h6-11,13,17,21H,4-5,12H2,1-3H3,(H,20,22). The Morgan fingerprint density at radius 3 is 2.61 bits per heavy atom. The van der Waals surface area contributed by atoms with E-state index in [4.69, 9.17) is 4.74 Å². The van der Waals surface area contributed by atoms with E-state index in [9.17, 15) is 9.90 Å². The Kier molecular flexibility index (Phi) is 5.99. The zero-order valence-electron chi connectivity index (χ0n) is 14.0. The Hall–Kier alpha value is -2.07. The highest BCUT2D eigenvalue weighted by Gasteiger charge is 2.16. The minimum Gasteiger partial charge on any atom is -0.497 e. The molecule has 0 bridgehead atoms. The molecule has 2 atom stereocenters. The molecule has 0 radical (unpaired) electrons. The summed E-state index contributed by atoms with van der Waals surface area (Å²) >= 11 is 0. The van der Waals surface area contributed by atoms with Gasteiger partial charge in [0.15, 0.2) is 0 Å². The van der Waals surface area contributed by atoms with Crippen LogP contribution in [0.4, 0.5) is 0 Å². The monoisotopic (exact) mass is 315 g/mol. The van der Waals surface area contributed by atoms with Gasteiger partial charge in [0.05, 0.1) is 19.1 Å². The summed E-state index contributed by atoms with van der Waals surface area (Å²) in [6, 6.07) is 11.9. The van der Waals surface area contributed by atoms with Crippen LogP contribution in [0, 0.1) is 0 Å². The Morgan fingerprint density at radius 2 is 1.91 bits per heavy atom. The number of rotatable bonds is 7. The van der Waals surface area contributed by atoms with E-state index in [0.717, 1.165) is 28.5 Å². The molecule has 2 N–H and O–H groups in total. The topological polar surface area (TPSA) is 58.6 Å². The number of aliphatic hydroxyl groups is 1. The molecule has 0 saturated heterocycles. The van der Waals surface area contributed by atoms with Crippen LogP contribution >= 0.6 is 0 Å². The molecule has 0 aliphatic carbocycles. The lowest BCUT2D eigenvalue weighted by atomic mass is 9.97. The number of fused-ring (bicyclic) bond motifs is 1. The number of carbonyl (C=O) groups is 1. The second kappa shape index (κ2) is 7.97. The highest BCUT2D eigenvalue weighted by atomic mass is 16.5. The van der Waals surface area contributed by atoms with Gasteiger partial charge in [-0.1, -0.05) is 37.6 Å². The summed E-state index contributed by atoms with van der Waals surface area (Å²) in [7, 11) is 1.65. The molecule has 23 heavy (non-hydrogen) atoms. The maximum absolute atomic E-state index is 12.2. The first kappa shape index (κ1) is 17.3. The zero-order chi connectivity index (χ0) is 16.8. The molecule has 0 fully saturated rings. The SMILES string of the molecule is CCCC(O)CNC(=O)C(C)c1ccc2cc(OC)ccc2c1. The molecule has 0 spiro atoms. The fourth-order valence-corrected chi connectivity index (χ4v) is 2.60. The summed E-state index contributed by atoms with van der Waals surface area (Å²) in [5, 5.41) is 14.7. The number of hydrogen-bond acceptors (Lipinski definition) is 3. The van der Waals surface area contributed by atoms with Gasteiger partial charge in [0.25, 0.3) is 0 Å². The molecule has 2 aromatic carbocycles. The minimum atomic E-state index is -0.472. The third kappa shape index (κ3) is 4.45. The maximum atomic E-state index is 12.2. The second-order valence-corrected chi connectivity index (χ2v) is 5.88. The van der Waals surface area contributed by atoms with E-state index in [1.54, 1.807) is 7.11 Å². The van der Waals surface area contributed by atoms with Crippen molar-refractivity contribution in [3.63, 3.8) is 0 Å². The van der Waals surface area contributed by atoms with Gasteiger partial charge in [-0.25, -0.2) is 0 Å². The van der Waals surface area contributed by atoms with Crippen molar-refractivity contribution >= 4 is 16.7 Å². The van der Waals surface area contributed by atoms with Crippen molar-refractivity contribution in [2.45, 2.75) is 38.7 Å². The van der Waals surface area contributed by atoms with Crippen LogP contribution in [0.2, 0.25) is 0 Å². The molecule has 0 saturated carbocycles. The average molecular weight is 315 g/mol. The quantitative estimate of drug-likeness (QED) is 0.825. The molecule has 2 unspecified atom stereocenters. The number of carbonyl (C=O) groups excluding carboxylic acids is 1. The van der Waals surface area contributed by atoms with Crippen LogP contribution in [0.15, 0.2) is 36.4 Å². The normalized spacial score (nSPS) is 13.6.